The first kappa shape index (κ1) is 10.3. The lowest BCUT2D eigenvalue weighted by molar-refractivity contribution is 0.622. The third-order valence-corrected chi connectivity index (χ3v) is 2.15. The predicted molar refractivity (Wildman–Crippen MR) is 54.7 cm³/mol. The summed E-state index contributed by atoms with van der Waals surface area (Å²) in [6.07, 6.45) is 7.38. The molecule has 0 unspecified atom stereocenters. The summed E-state index contributed by atoms with van der Waals surface area (Å²) in [5.74, 6) is 1.16. The summed E-state index contributed by atoms with van der Waals surface area (Å²) in [5.41, 5.74) is 0. The smallest absolute Gasteiger partial charge is 0.109 e. The molecule has 0 aliphatic rings. The molecule has 74 valence electrons. The van der Waals surface area contributed by atoms with Crippen LogP contribution in [0.2, 0.25) is 0 Å². The van der Waals surface area contributed by atoms with Crippen molar-refractivity contribution in [2.75, 3.05) is 13.1 Å². The maximum absolute atomic E-state index is 4.26. The molecular formula is C10H19N3. The van der Waals surface area contributed by atoms with Crippen molar-refractivity contribution < 1.29 is 0 Å². The van der Waals surface area contributed by atoms with E-state index in [0.717, 1.165) is 25.3 Å². The van der Waals surface area contributed by atoms with Crippen LogP contribution in [0.15, 0.2) is 12.4 Å². The van der Waals surface area contributed by atoms with E-state index in [-0.39, 0.29) is 0 Å². The number of aromatic nitrogens is 2. The van der Waals surface area contributed by atoms with Gasteiger partial charge in [0.25, 0.3) is 0 Å². The number of rotatable bonds is 6. The number of aryl methyl sites for hydroxylation is 1. The van der Waals surface area contributed by atoms with Crippen LogP contribution in [0.25, 0.3) is 0 Å². The molecule has 1 heterocycles. The molecule has 0 aromatic carbocycles. The highest BCUT2D eigenvalue weighted by Crippen LogP contribution is 1.94. The van der Waals surface area contributed by atoms with Crippen LogP contribution >= 0.6 is 0 Å². The van der Waals surface area contributed by atoms with Crippen LogP contribution in [0, 0.1) is 0 Å². The van der Waals surface area contributed by atoms with E-state index in [1.54, 1.807) is 0 Å². The Morgan fingerprint density at radius 3 is 2.92 bits per heavy atom. The second kappa shape index (κ2) is 5.75. The second-order valence-corrected chi connectivity index (χ2v) is 3.31. The monoisotopic (exact) mass is 181 g/mol. The summed E-state index contributed by atoms with van der Waals surface area (Å²) >= 11 is 0. The van der Waals surface area contributed by atoms with Crippen LogP contribution in [0.5, 0.6) is 0 Å². The number of nitrogens with one attached hydrogen (secondary N) is 1. The normalized spacial score (nSPS) is 10.6. The number of nitrogens with zero attached hydrogens (tertiary/aromatic N) is 2. The van der Waals surface area contributed by atoms with Crippen molar-refractivity contribution in [3.63, 3.8) is 0 Å². The average Bonchev–Trinajstić information content (AvgIpc) is 2.52. The molecule has 1 rings (SSSR count). The molecule has 1 aromatic rings. The fourth-order valence-corrected chi connectivity index (χ4v) is 1.26. The Morgan fingerprint density at radius 2 is 2.31 bits per heavy atom. The van der Waals surface area contributed by atoms with Crippen molar-refractivity contribution in [3.8, 4) is 0 Å². The highest BCUT2D eigenvalue weighted by molar-refractivity contribution is 4.91. The quantitative estimate of drug-likeness (QED) is 0.671. The molecule has 0 radical (unpaired) electrons. The summed E-state index contributed by atoms with van der Waals surface area (Å²) in [7, 11) is 2.04. The van der Waals surface area contributed by atoms with Crippen LogP contribution in [0.1, 0.15) is 25.6 Å². The van der Waals surface area contributed by atoms with Crippen LogP contribution in [0.3, 0.4) is 0 Å². The molecule has 0 aliphatic carbocycles. The Hall–Kier alpha value is -0.830. The van der Waals surface area contributed by atoms with Crippen LogP contribution in [-0.2, 0) is 13.5 Å². The lowest BCUT2D eigenvalue weighted by Crippen LogP contribution is -2.19. The summed E-state index contributed by atoms with van der Waals surface area (Å²) in [6.45, 7) is 4.37. The van der Waals surface area contributed by atoms with E-state index in [2.05, 4.69) is 21.8 Å². The molecule has 0 fully saturated rings. The van der Waals surface area contributed by atoms with Gasteiger partial charge in [0.15, 0.2) is 0 Å². The largest absolute Gasteiger partial charge is 0.338 e. The molecular weight excluding hydrogens is 162 g/mol. The number of hydrogen-bond acceptors (Lipinski definition) is 2. The predicted octanol–water partition coefficient (Wildman–Crippen LogP) is 1.35. The molecule has 0 aliphatic heterocycles. The zero-order chi connectivity index (χ0) is 9.52. The Kier molecular flexibility index (Phi) is 4.54. The number of hydrogen-bond donors (Lipinski definition) is 1. The van der Waals surface area contributed by atoms with E-state index in [9.17, 15) is 0 Å². The van der Waals surface area contributed by atoms with Gasteiger partial charge in [0, 0.05) is 32.4 Å². The third kappa shape index (κ3) is 3.59. The summed E-state index contributed by atoms with van der Waals surface area (Å²) in [5, 5.41) is 3.40. The lowest BCUT2D eigenvalue weighted by Gasteiger charge is -2.03. The van der Waals surface area contributed by atoms with E-state index in [1.807, 2.05) is 19.4 Å². The van der Waals surface area contributed by atoms with Gasteiger partial charge in [-0.3, -0.25) is 0 Å². The van der Waals surface area contributed by atoms with Gasteiger partial charge in [-0.25, -0.2) is 4.98 Å². The minimum absolute atomic E-state index is 1.02. The number of imidazole rings is 1. The molecule has 1 N–H and O–H groups in total. The third-order valence-electron chi connectivity index (χ3n) is 2.15. The van der Waals surface area contributed by atoms with Crippen molar-refractivity contribution >= 4 is 0 Å². The molecule has 0 amide bonds. The van der Waals surface area contributed by atoms with Crippen molar-refractivity contribution in [1.82, 2.24) is 14.9 Å². The molecule has 3 nitrogen and oxygen atoms in total. The first-order valence-electron chi connectivity index (χ1n) is 5.01. The second-order valence-electron chi connectivity index (χ2n) is 3.31. The number of unbranched alkanes of at least 4 members (excludes halogenated alkanes) is 1. The maximum atomic E-state index is 4.26. The molecule has 13 heavy (non-hydrogen) atoms. The summed E-state index contributed by atoms with van der Waals surface area (Å²) in [4.78, 5) is 4.26. The molecule has 0 saturated heterocycles. The van der Waals surface area contributed by atoms with E-state index in [1.165, 1.54) is 12.8 Å². The van der Waals surface area contributed by atoms with Gasteiger partial charge in [0.05, 0.1) is 0 Å². The van der Waals surface area contributed by atoms with Crippen LogP contribution < -0.4 is 5.32 Å². The Labute approximate surface area is 80.2 Å². The molecule has 0 bridgehead atoms. The lowest BCUT2D eigenvalue weighted by atomic mass is 10.3. The first-order valence-corrected chi connectivity index (χ1v) is 5.01. The fraction of sp³-hybridized carbons (Fsp3) is 0.700. The SMILES string of the molecule is CCCCNCCc1nccn1C. The van der Waals surface area contributed by atoms with Gasteiger partial charge in [-0.15, -0.1) is 0 Å². The molecule has 3 heteroatoms. The van der Waals surface area contributed by atoms with Gasteiger partial charge in [0.1, 0.15) is 5.82 Å². The van der Waals surface area contributed by atoms with E-state index in [4.69, 9.17) is 0 Å². The zero-order valence-electron chi connectivity index (χ0n) is 8.58. The minimum Gasteiger partial charge on any atom is -0.338 e. The first-order chi connectivity index (χ1) is 6.34. The van der Waals surface area contributed by atoms with Crippen LogP contribution in [-0.4, -0.2) is 22.6 Å². The molecule has 0 spiro atoms. The molecule has 0 saturated carbocycles. The highest BCUT2D eigenvalue weighted by Gasteiger charge is 1.96. The standard InChI is InChI=1S/C10H19N3/c1-3-4-6-11-7-5-10-12-8-9-13(10)2/h8-9,11H,3-7H2,1-2H3. The Balaban J connectivity index is 2.10. The van der Waals surface area contributed by atoms with E-state index < -0.39 is 0 Å². The van der Waals surface area contributed by atoms with Crippen molar-refractivity contribution in [2.45, 2.75) is 26.2 Å². The maximum Gasteiger partial charge on any atom is 0.109 e. The van der Waals surface area contributed by atoms with Crippen molar-refractivity contribution in [1.29, 1.82) is 0 Å². The Morgan fingerprint density at radius 1 is 1.46 bits per heavy atom. The van der Waals surface area contributed by atoms with Gasteiger partial charge in [-0.1, -0.05) is 13.3 Å². The average molecular weight is 181 g/mol. The van der Waals surface area contributed by atoms with Crippen LogP contribution in [0.4, 0.5) is 0 Å². The topological polar surface area (TPSA) is 29.9 Å². The summed E-state index contributed by atoms with van der Waals surface area (Å²) in [6, 6.07) is 0. The van der Waals surface area contributed by atoms with Gasteiger partial charge >= 0.3 is 0 Å². The minimum atomic E-state index is 1.02. The van der Waals surface area contributed by atoms with E-state index >= 15 is 0 Å². The Bertz CT molecular complexity index is 230. The zero-order valence-corrected chi connectivity index (χ0v) is 8.58. The van der Waals surface area contributed by atoms with Gasteiger partial charge < -0.3 is 9.88 Å². The molecule has 1 aromatic heterocycles. The van der Waals surface area contributed by atoms with Gasteiger partial charge in [-0.05, 0) is 13.0 Å². The van der Waals surface area contributed by atoms with Crippen molar-refractivity contribution in [3.05, 3.63) is 18.2 Å². The fourth-order valence-electron chi connectivity index (χ4n) is 1.26. The summed E-state index contributed by atoms with van der Waals surface area (Å²) < 4.78 is 2.07. The van der Waals surface area contributed by atoms with Gasteiger partial charge in [0.2, 0.25) is 0 Å². The van der Waals surface area contributed by atoms with Crippen molar-refractivity contribution in [2.24, 2.45) is 7.05 Å². The van der Waals surface area contributed by atoms with E-state index in [0.29, 0.717) is 0 Å². The van der Waals surface area contributed by atoms with Gasteiger partial charge in [-0.2, -0.15) is 0 Å². The highest BCUT2D eigenvalue weighted by atomic mass is 15.0. The molecule has 0 atom stereocenters.